The van der Waals surface area contributed by atoms with E-state index in [1.54, 1.807) is 4.90 Å². The molecule has 0 aliphatic heterocycles. The molecule has 0 radical (unpaired) electrons. The quantitative estimate of drug-likeness (QED) is 0.351. The van der Waals surface area contributed by atoms with Crippen LogP contribution < -0.4 is 18.9 Å². The van der Waals surface area contributed by atoms with E-state index >= 15 is 0 Å². The van der Waals surface area contributed by atoms with Crippen LogP contribution in [-0.2, 0) is 4.79 Å². The first-order chi connectivity index (χ1) is 4.72. The van der Waals surface area contributed by atoms with E-state index in [1.807, 2.05) is 0 Å². The summed E-state index contributed by atoms with van der Waals surface area (Å²) < 4.78 is 0. The van der Waals surface area contributed by atoms with E-state index in [0.29, 0.717) is 0 Å². The number of carbonyl (C=O) groups excluding carboxylic acids is 1. The molecule has 3 heteroatoms. The minimum Gasteiger partial charge on any atom is -0.368 e. The molecule has 0 aromatic rings. The molecular weight excluding hydrogens is 133 g/mol. The average molecular weight is 149 g/mol. The van der Waals surface area contributed by atoms with Gasteiger partial charge in [0.25, 0.3) is 0 Å². The molecule has 2 nitrogen and oxygen atoms in total. The fourth-order valence-electron chi connectivity index (χ4n) is 0.901. The van der Waals surface area contributed by atoms with E-state index < -0.39 is 0 Å². The summed E-state index contributed by atoms with van der Waals surface area (Å²) in [5.41, 5.74) is 0. The van der Waals surface area contributed by atoms with Crippen LogP contribution in [0.3, 0.4) is 0 Å². The van der Waals surface area contributed by atoms with E-state index in [2.05, 4.69) is 20.8 Å². The number of amides is 1. The molecular formula is C8H16LiNO. The molecule has 60 valence electrons. The third-order valence-corrected chi connectivity index (χ3v) is 1.34. The number of hydrogen-bond acceptors (Lipinski definition) is 1. The Hall–Kier alpha value is -0.0626. The molecule has 0 saturated carbocycles. The monoisotopic (exact) mass is 149 g/mol. The van der Waals surface area contributed by atoms with Crippen LogP contribution in [0.5, 0.6) is 0 Å². The Balaban J connectivity index is 0. The van der Waals surface area contributed by atoms with E-state index in [1.165, 1.54) is 0 Å². The summed E-state index contributed by atoms with van der Waals surface area (Å²) in [7, 11) is 0. The zero-order valence-corrected chi connectivity index (χ0v) is 7.89. The molecule has 0 heterocycles. The summed E-state index contributed by atoms with van der Waals surface area (Å²) in [6.45, 7) is 9.17. The Morgan fingerprint density at radius 3 is 1.82 bits per heavy atom. The largest absolute Gasteiger partial charge is 1.00 e. The van der Waals surface area contributed by atoms with Crippen molar-refractivity contribution in [3.8, 4) is 0 Å². The predicted octanol–water partition coefficient (Wildman–Crippen LogP) is -1.53. The summed E-state index contributed by atoms with van der Waals surface area (Å²) in [5, 5.41) is 0. The van der Waals surface area contributed by atoms with Crippen molar-refractivity contribution in [1.29, 1.82) is 0 Å². The number of hydrogen-bond donors (Lipinski definition) is 0. The van der Waals surface area contributed by atoms with E-state index in [4.69, 9.17) is 0 Å². The molecule has 0 N–H and O–H groups in total. The van der Waals surface area contributed by atoms with Crippen LogP contribution in [0.4, 0.5) is 0 Å². The maximum atomic E-state index is 10.7. The van der Waals surface area contributed by atoms with Gasteiger partial charge in [-0.25, -0.2) is 0 Å². The molecule has 0 spiro atoms. The van der Waals surface area contributed by atoms with Crippen LogP contribution in [-0.4, -0.2) is 23.9 Å². The topological polar surface area (TPSA) is 20.3 Å². The Labute approximate surface area is 81.5 Å². The van der Waals surface area contributed by atoms with Crippen molar-refractivity contribution >= 4 is 5.91 Å². The van der Waals surface area contributed by atoms with Crippen LogP contribution in [0, 0.1) is 6.92 Å². The Morgan fingerprint density at radius 1 is 1.27 bits per heavy atom. The SMILES string of the molecule is [CH2-]C(=O)N(CCC)CCC.[Li+]. The summed E-state index contributed by atoms with van der Waals surface area (Å²) in [4.78, 5) is 12.5. The zero-order chi connectivity index (χ0) is 7.98. The maximum absolute atomic E-state index is 10.7. The molecule has 0 fully saturated rings. The minimum absolute atomic E-state index is 0. The second-order valence-corrected chi connectivity index (χ2v) is 2.38. The third kappa shape index (κ3) is 6.34. The summed E-state index contributed by atoms with van der Waals surface area (Å²) >= 11 is 0. The molecule has 1 amide bonds. The number of rotatable bonds is 4. The first-order valence-electron chi connectivity index (χ1n) is 3.83. The van der Waals surface area contributed by atoms with Gasteiger partial charge in [-0.2, -0.15) is 0 Å². The second kappa shape index (κ2) is 8.04. The average Bonchev–Trinajstić information content (AvgIpc) is 1.87. The molecule has 0 aliphatic rings. The van der Waals surface area contributed by atoms with E-state index in [9.17, 15) is 4.79 Å². The predicted molar refractivity (Wildman–Crippen MR) is 42.5 cm³/mol. The van der Waals surface area contributed by atoms with Gasteiger partial charge in [-0.3, -0.25) is 0 Å². The van der Waals surface area contributed by atoms with Crippen molar-refractivity contribution in [2.24, 2.45) is 0 Å². The Bertz CT molecular complexity index is 100. The molecule has 0 aromatic carbocycles. The summed E-state index contributed by atoms with van der Waals surface area (Å²) in [6.07, 6.45) is 2.03. The number of nitrogens with zero attached hydrogens (tertiary/aromatic N) is 1. The molecule has 0 bridgehead atoms. The summed E-state index contributed by atoms with van der Waals surface area (Å²) in [5.74, 6) is -0.0521. The van der Waals surface area contributed by atoms with Crippen LogP contribution in [0.2, 0.25) is 0 Å². The minimum atomic E-state index is -0.0521. The second-order valence-electron chi connectivity index (χ2n) is 2.38. The van der Waals surface area contributed by atoms with Gasteiger partial charge in [-0.05, 0) is 12.8 Å². The van der Waals surface area contributed by atoms with Gasteiger partial charge in [0.1, 0.15) is 0 Å². The third-order valence-electron chi connectivity index (χ3n) is 1.34. The van der Waals surface area contributed by atoms with Crippen molar-refractivity contribution in [3.05, 3.63) is 6.92 Å². The Morgan fingerprint density at radius 2 is 1.64 bits per heavy atom. The van der Waals surface area contributed by atoms with Crippen molar-refractivity contribution in [2.75, 3.05) is 13.1 Å². The Kier molecular flexibility index (Phi) is 9.88. The van der Waals surface area contributed by atoms with Gasteiger partial charge < -0.3 is 16.6 Å². The maximum Gasteiger partial charge on any atom is 1.00 e. The van der Waals surface area contributed by atoms with Crippen molar-refractivity contribution in [1.82, 2.24) is 4.90 Å². The van der Waals surface area contributed by atoms with Gasteiger partial charge >= 0.3 is 18.9 Å². The first kappa shape index (κ1) is 13.5. The molecule has 0 atom stereocenters. The van der Waals surface area contributed by atoms with Gasteiger partial charge in [0.2, 0.25) is 0 Å². The fraction of sp³-hybridized carbons (Fsp3) is 0.750. The van der Waals surface area contributed by atoms with Gasteiger partial charge in [0.15, 0.2) is 0 Å². The molecule has 0 rings (SSSR count). The first-order valence-corrected chi connectivity index (χ1v) is 3.83. The molecule has 11 heavy (non-hydrogen) atoms. The van der Waals surface area contributed by atoms with Crippen LogP contribution in [0.1, 0.15) is 26.7 Å². The van der Waals surface area contributed by atoms with E-state index in [0.717, 1.165) is 25.9 Å². The van der Waals surface area contributed by atoms with Crippen LogP contribution in [0.15, 0.2) is 0 Å². The normalized spacial score (nSPS) is 8.55. The van der Waals surface area contributed by atoms with Crippen LogP contribution in [0.25, 0.3) is 0 Å². The van der Waals surface area contributed by atoms with Gasteiger partial charge in [0.05, 0.1) is 5.91 Å². The standard InChI is InChI=1S/C8H16NO.Li/c1-4-6-9(7-5-2)8(3)10;/h3-7H2,1-2H3;/q-1;+1. The van der Waals surface area contributed by atoms with Crippen molar-refractivity contribution in [3.63, 3.8) is 0 Å². The van der Waals surface area contributed by atoms with Crippen LogP contribution >= 0.6 is 0 Å². The molecule has 0 aliphatic carbocycles. The molecule has 0 saturated heterocycles. The van der Waals surface area contributed by atoms with Gasteiger partial charge in [-0.15, -0.1) is 0 Å². The zero-order valence-electron chi connectivity index (χ0n) is 7.89. The number of carbonyl (C=O) groups is 1. The molecule has 0 aromatic heterocycles. The van der Waals surface area contributed by atoms with Crippen molar-refractivity contribution in [2.45, 2.75) is 26.7 Å². The van der Waals surface area contributed by atoms with Crippen molar-refractivity contribution < 1.29 is 23.7 Å². The van der Waals surface area contributed by atoms with E-state index in [-0.39, 0.29) is 24.8 Å². The fourth-order valence-corrected chi connectivity index (χ4v) is 0.901. The van der Waals surface area contributed by atoms with Gasteiger partial charge in [-0.1, -0.05) is 13.8 Å². The van der Waals surface area contributed by atoms with Gasteiger partial charge in [0, 0.05) is 13.1 Å². The smallest absolute Gasteiger partial charge is 0.368 e. The molecule has 0 unspecified atom stereocenters. The summed E-state index contributed by atoms with van der Waals surface area (Å²) in [6, 6.07) is 0.